The maximum Gasteiger partial charge on any atom is 0.227 e. The van der Waals surface area contributed by atoms with E-state index in [1.54, 1.807) is 0 Å². The molecule has 0 aromatic heterocycles. The fourth-order valence-corrected chi connectivity index (χ4v) is 5.24. The largest absolute Gasteiger partial charge is 0.356 e. The fourth-order valence-electron chi connectivity index (χ4n) is 5.24. The summed E-state index contributed by atoms with van der Waals surface area (Å²) in [6, 6.07) is 8.72. The molecule has 1 atom stereocenters. The van der Waals surface area contributed by atoms with Crippen molar-refractivity contribution in [1.29, 1.82) is 0 Å². The molecule has 0 bridgehead atoms. The zero-order chi connectivity index (χ0) is 20.8. The van der Waals surface area contributed by atoms with Gasteiger partial charge in [0.1, 0.15) is 0 Å². The summed E-state index contributed by atoms with van der Waals surface area (Å²) in [5.41, 5.74) is 2.38. The number of fused-ring (bicyclic) bond motifs is 1. The van der Waals surface area contributed by atoms with Gasteiger partial charge in [0.15, 0.2) is 5.96 Å². The van der Waals surface area contributed by atoms with Crippen molar-refractivity contribution in [1.82, 2.24) is 15.5 Å². The Bertz CT molecular complexity index is 743. The van der Waals surface area contributed by atoms with E-state index >= 15 is 0 Å². The lowest BCUT2D eigenvalue weighted by Gasteiger charge is -2.21. The number of carbonyl (C=O) groups is 1. The molecule has 2 fully saturated rings. The number of aliphatic imine (C=N–C) groups is 1. The molecule has 1 aromatic rings. The number of nitrogens with one attached hydrogen (secondary N) is 2. The molecule has 1 unspecified atom stereocenters. The summed E-state index contributed by atoms with van der Waals surface area (Å²) in [4.78, 5) is 21.6. The zero-order valence-corrected chi connectivity index (χ0v) is 18.4. The van der Waals surface area contributed by atoms with Crippen LogP contribution in [0.3, 0.4) is 0 Å². The van der Waals surface area contributed by atoms with Gasteiger partial charge >= 0.3 is 0 Å². The van der Waals surface area contributed by atoms with E-state index in [0.29, 0.717) is 12.5 Å². The molecule has 6 nitrogen and oxygen atoms in total. The van der Waals surface area contributed by atoms with Crippen molar-refractivity contribution >= 4 is 17.6 Å². The predicted octanol–water partition coefficient (Wildman–Crippen LogP) is 2.79. The van der Waals surface area contributed by atoms with Crippen LogP contribution >= 0.6 is 0 Å². The number of amides is 1. The molecule has 0 radical (unpaired) electrons. The number of anilines is 1. The van der Waals surface area contributed by atoms with E-state index in [0.717, 1.165) is 50.0 Å². The highest BCUT2D eigenvalue weighted by molar-refractivity contribution is 5.95. The molecule has 6 heteroatoms. The van der Waals surface area contributed by atoms with Gasteiger partial charge in [-0.1, -0.05) is 31.0 Å². The van der Waals surface area contributed by atoms with Crippen molar-refractivity contribution in [3.63, 3.8) is 0 Å². The van der Waals surface area contributed by atoms with E-state index < -0.39 is 0 Å². The molecule has 1 aromatic carbocycles. The monoisotopic (exact) mass is 411 g/mol. The first-order valence-electron chi connectivity index (χ1n) is 11.8. The third-order valence-corrected chi connectivity index (χ3v) is 6.88. The van der Waals surface area contributed by atoms with E-state index in [1.807, 2.05) is 24.1 Å². The molecule has 30 heavy (non-hydrogen) atoms. The fraction of sp³-hybridized carbons (Fsp3) is 0.667. The Morgan fingerprint density at radius 1 is 1.17 bits per heavy atom. The highest BCUT2D eigenvalue weighted by Crippen LogP contribution is 2.28. The molecule has 2 N–H and O–H groups in total. The number of hydrogen-bond acceptors (Lipinski definition) is 3. The Labute approximate surface area is 181 Å². The summed E-state index contributed by atoms with van der Waals surface area (Å²) in [6.07, 6.45) is 9.20. The molecular weight excluding hydrogens is 374 g/mol. The third kappa shape index (κ3) is 5.34. The van der Waals surface area contributed by atoms with Gasteiger partial charge in [-0.15, -0.1) is 0 Å². The molecule has 2 aliphatic heterocycles. The number of rotatable bonds is 7. The maximum absolute atomic E-state index is 12.6. The SMILES string of the molecule is CN=C(NCCCC(=O)N1CCc2ccccc21)NC1CCN(CC2CCCC2)C1. The highest BCUT2D eigenvalue weighted by atomic mass is 16.2. The second-order valence-corrected chi connectivity index (χ2v) is 9.07. The van der Waals surface area contributed by atoms with Crippen LogP contribution < -0.4 is 15.5 Å². The summed E-state index contributed by atoms with van der Waals surface area (Å²) in [5.74, 6) is 2.01. The summed E-state index contributed by atoms with van der Waals surface area (Å²) in [7, 11) is 1.83. The third-order valence-electron chi connectivity index (χ3n) is 6.88. The first-order chi connectivity index (χ1) is 14.7. The number of likely N-dealkylation sites (tertiary alicyclic amines) is 1. The van der Waals surface area contributed by atoms with Gasteiger partial charge in [-0.3, -0.25) is 9.79 Å². The van der Waals surface area contributed by atoms with Crippen LogP contribution in [0.15, 0.2) is 29.3 Å². The normalized spacial score (nSPS) is 22.5. The Morgan fingerprint density at radius 3 is 2.83 bits per heavy atom. The molecule has 2 heterocycles. The van der Waals surface area contributed by atoms with Crippen molar-refractivity contribution in [2.24, 2.45) is 10.9 Å². The van der Waals surface area contributed by atoms with Crippen LogP contribution in [0.25, 0.3) is 0 Å². The minimum Gasteiger partial charge on any atom is -0.356 e. The molecule has 0 spiro atoms. The van der Waals surface area contributed by atoms with Crippen molar-refractivity contribution in [3.8, 4) is 0 Å². The van der Waals surface area contributed by atoms with Gasteiger partial charge in [0, 0.05) is 57.9 Å². The molecule has 1 amide bonds. The summed E-state index contributed by atoms with van der Waals surface area (Å²) in [5, 5.41) is 6.98. The molecule has 1 aliphatic carbocycles. The second kappa shape index (κ2) is 10.3. The van der Waals surface area contributed by atoms with Crippen molar-refractivity contribution < 1.29 is 4.79 Å². The average molecular weight is 412 g/mol. The Hall–Kier alpha value is -2.08. The minimum atomic E-state index is 0.225. The average Bonchev–Trinajstić information content (AvgIpc) is 3.51. The Kier molecular flexibility index (Phi) is 7.26. The molecule has 164 valence electrons. The van der Waals surface area contributed by atoms with Crippen LogP contribution in [-0.2, 0) is 11.2 Å². The van der Waals surface area contributed by atoms with Gasteiger partial charge in [0.25, 0.3) is 0 Å². The van der Waals surface area contributed by atoms with E-state index in [4.69, 9.17) is 0 Å². The van der Waals surface area contributed by atoms with E-state index in [1.165, 1.54) is 50.8 Å². The lowest BCUT2D eigenvalue weighted by molar-refractivity contribution is -0.118. The van der Waals surface area contributed by atoms with Gasteiger partial charge in [-0.25, -0.2) is 0 Å². The van der Waals surface area contributed by atoms with Crippen LogP contribution in [0.2, 0.25) is 0 Å². The number of hydrogen-bond donors (Lipinski definition) is 2. The summed E-state index contributed by atoms with van der Waals surface area (Å²) in [6.45, 7) is 5.15. The number of benzene rings is 1. The van der Waals surface area contributed by atoms with Crippen LogP contribution in [0.4, 0.5) is 5.69 Å². The Morgan fingerprint density at radius 2 is 2.00 bits per heavy atom. The quantitative estimate of drug-likeness (QED) is 0.412. The van der Waals surface area contributed by atoms with Crippen molar-refractivity contribution in [2.45, 2.75) is 57.4 Å². The number of nitrogens with zero attached hydrogens (tertiary/aromatic N) is 3. The number of guanidine groups is 1. The van der Waals surface area contributed by atoms with E-state index in [-0.39, 0.29) is 5.91 Å². The van der Waals surface area contributed by atoms with Gasteiger partial charge in [0.05, 0.1) is 0 Å². The topological polar surface area (TPSA) is 60.0 Å². The lowest BCUT2D eigenvalue weighted by atomic mass is 10.1. The molecule has 4 rings (SSSR count). The molecule has 1 saturated heterocycles. The molecular formula is C24H37N5O. The maximum atomic E-state index is 12.6. The second-order valence-electron chi connectivity index (χ2n) is 9.07. The molecule has 1 saturated carbocycles. The van der Waals surface area contributed by atoms with Crippen LogP contribution in [0.5, 0.6) is 0 Å². The van der Waals surface area contributed by atoms with E-state index in [9.17, 15) is 4.79 Å². The summed E-state index contributed by atoms with van der Waals surface area (Å²) >= 11 is 0. The predicted molar refractivity (Wildman–Crippen MR) is 123 cm³/mol. The first-order valence-corrected chi connectivity index (χ1v) is 11.8. The number of carbonyl (C=O) groups excluding carboxylic acids is 1. The van der Waals surface area contributed by atoms with Crippen LogP contribution in [0.1, 0.15) is 50.5 Å². The van der Waals surface area contributed by atoms with Gasteiger partial charge in [0.2, 0.25) is 5.91 Å². The highest BCUT2D eigenvalue weighted by Gasteiger charge is 2.27. The Balaban J connectivity index is 1.14. The minimum absolute atomic E-state index is 0.225. The standard InChI is InChI=1S/C24H37N5O/c1-25-24(27-21-13-15-28(18-21)17-19-7-2-3-8-19)26-14-6-11-23(30)29-16-12-20-9-4-5-10-22(20)29/h4-5,9-10,19,21H,2-3,6-8,11-18H2,1H3,(H2,25,26,27). The van der Waals surface area contributed by atoms with Crippen LogP contribution in [-0.4, -0.2) is 62.6 Å². The zero-order valence-electron chi connectivity index (χ0n) is 18.4. The smallest absolute Gasteiger partial charge is 0.227 e. The number of para-hydroxylation sites is 1. The summed E-state index contributed by atoms with van der Waals surface area (Å²) < 4.78 is 0. The van der Waals surface area contributed by atoms with Crippen LogP contribution in [0, 0.1) is 5.92 Å². The van der Waals surface area contributed by atoms with Gasteiger partial charge in [-0.2, -0.15) is 0 Å². The van der Waals surface area contributed by atoms with Gasteiger partial charge < -0.3 is 20.4 Å². The first kappa shape index (κ1) is 21.2. The lowest BCUT2D eigenvalue weighted by Crippen LogP contribution is -2.45. The van der Waals surface area contributed by atoms with Crippen molar-refractivity contribution in [2.75, 3.05) is 44.7 Å². The van der Waals surface area contributed by atoms with Crippen molar-refractivity contribution in [3.05, 3.63) is 29.8 Å². The molecule has 3 aliphatic rings. The van der Waals surface area contributed by atoms with Gasteiger partial charge in [-0.05, 0) is 49.7 Å². The van der Waals surface area contributed by atoms with E-state index in [2.05, 4.69) is 32.7 Å².